The van der Waals surface area contributed by atoms with Gasteiger partial charge in [0, 0.05) is 11.1 Å². The molecular formula is C12H16N2O2. The molecule has 1 aliphatic heterocycles. The lowest BCUT2D eigenvalue weighted by Crippen LogP contribution is -2.24. The predicted molar refractivity (Wildman–Crippen MR) is 61.6 cm³/mol. The maximum absolute atomic E-state index is 11.3. The molecule has 0 N–H and O–H groups in total. The summed E-state index contributed by atoms with van der Waals surface area (Å²) in [5.41, 5.74) is 1.85. The van der Waals surface area contributed by atoms with Crippen LogP contribution in [0.4, 0.5) is 10.5 Å². The van der Waals surface area contributed by atoms with E-state index in [-0.39, 0.29) is 11.5 Å². The van der Waals surface area contributed by atoms with E-state index in [0.717, 1.165) is 11.4 Å². The van der Waals surface area contributed by atoms with Crippen LogP contribution < -0.4 is 4.90 Å². The molecule has 86 valence electrons. The number of hydrogen-bond acceptors (Lipinski definition) is 3. The fourth-order valence-corrected chi connectivity index (χ4v) is 1.62. The highest BCUT2D eigenvalue weighted by atomic mass is 16.6. The number of ether oxygens (including phenoxy) is 1. The van der Waals surface area contributed by atoms with E-state index in [0.29, 0.717) is 13.2 Å². The van der Waals surface area contributed by atoms with Crippen molar-refractivity contribution in [3.63, 3.8) is 0 Å². The van der Waals surface area contributed by atoms with Crippen LogP contribution in [0.1, 0.15) is 26.5 Å². The smallest absolute Gasteiger partial charge is 0.414 e. The van der Waals surface area contributed by atoms with Crippen molar-refractivity contribution in [3.8, 4) is 0 Å². The van der Waals surface area contributed by atoms with Gasteiger partial charge in [-0.15, -0.1) is 0 Å². The monoisotopic (exact) mass is 220 g/mol. The molecule has 4 nitrogen and oxygen atoms in total. The number of amides is 1. The molecule has 0 unspecified atom stereocenters. The van der Waals surface area contributed by atoms with Crippen LogP contribution in [0.2, 0.25) is 0 Å². The summed E-state index contributed by atoms with van der Waals surface area (Å²) in [6.07, 6.45) is 1.44. The van der Waals surface area contributed by atoms with Gasteiger partial charge in [0.15, 0.2) is 0 Å². The lowest BCUT2D eigenvalue weighted by molar-refractivity contribution is 0.181. The SMILES string of the molecule is CC(C)(C)c1ccc(N2CCOC2=O)cn1. The second-order valence-electron chi connectivity index (χ2n) is 4.92. The molecule has 4 heteroatoms. The zero-order chi connectivity index (χ0) is 11.8. The van der Waals surface area contributed by atoms with Crippen molar-refractivity contribution >= 4 is 11.8 Å². The number of aromatic nitrogens is 1. The molecule has 1 aliphatic rings. The molecule has 0 saturated carbocycles. The predicted octanol–water partition coefficient (Wildman–Crippen LogP) is 2.34. The van der Waals surface area contributed by atoms with Gasteiger partial charge in [-0.1, -0.05) is 20.8 Å². The second kappa shape index (κ2) is 3.77. The van der Waals surface area contributed by atoms with E-state index in [1.807, 2.05) is 12.1 Å². The third kappa shape index (κ3) is 2.01. The number of rotatable bonds is 1. The molecule has 0 aliphatic carbocycles. The number of hydrogen-bond donors (Lipinski definition) is 0. The molecule has 16 heavy (non-hydrogen) atoms. The van der Waals surface area contributed by atoms with Gasteiger partial charge in [0.25, 0.3) is 0 Å². The summed E-state index contributed by atoms with van der Waals surface area (Å²) in [6, 6.07) is 3.88. The first kappa shape index (κ1) is 10.9. The third-order valence-electron chi connectivity index (χ3n) is 2.59. The Balaban J connectivity index is 2.22. The molecule has 1 saturated heterocycles. The Kier molecular flexibility index (Phi) is 2.58. The van der Waals surface area contributed by atoms with Gasteiger partial charge in [0.2, 0.25) is 0 Å². The van der Waals surface area contributed by atoms with Gasteiger partial charge >= 0.3 is 6.09 Å². The van der Waals surface area contributed by atoms with E-state index < -0.39 is 0 Å². The van der Waals surface area contributed by atoms with Gasteiger partial charge in [-0.25, -0.2) is 4.79 Å². The zero-order valence-electron chi connectivity index (χ0n) is 9.86. The van der Waals surface area contributed by atoms with Crippen LogP contribution in [0, 0.1) is 0 Å². The van der Waals surface area contributed by atoms with Gasteiger partial charge in [-0.2, -0.15) is 0 Å². The van der Waals surface area contributed by atoms with Crippen molar-refractivity contribution in [2.45, 2.75) is 26.2 Å². The summed E-state index contributed by atoms with van der Waals surface area (Å²) in [7, 11) is 0. The van der Waals surface area contributed by atoms with Gasteiger partial charge in [-0.05, 0) is 12.1 Å². The summed E-state index contributed by atoms with van der Waals surface area (Å²) in [5.74, 6) is 0. The van der Waals surface area contributed by atoms with Crippen molar-refractivity contribution < 1.29 is 9.53 Å². The molecule has 0 spiro atoms. The molecule has 2 rings (SSSR count). The fraction of sp³-hybridized carbons (Fsp3) is 0.500. The van der Waals surface area contributed by atoms with Gasteiger partial charge in [0.05, 0.1) is 18.4 Å². The average Bonchev–Trinajstić information content (AvgIpc) is 2.63. The summed E-state index contributed by atoms with van der Waals surface area (Å²) < 4.78 is 4.88. The second-order valence-corrected chi connectivity index (χ2v) is 4.92. The van der Waals surface area contributed by atoms with Crippen LogP contribution in [0.5, 0.6) is 0 Å². The zero-order valence-corrected chi connectivity index (χ0v) is 9.86. The topological polar surface area (TPSA) is 42.4 Å². The van der Waals surface area contributed by atoms with Crippen molar-refractivity contribution in [1.29, 1.82) is 0 Å². The Morgan fingerprint density at radius 1 is 1.38 bits per heavy atom. The Bertz CT molecular complexity index is 392. The first-order chi connectivity index (χ1) is 7.48. The summed E-state index contributed by atoms with van der Waals surface area (Å²) in [4.78, 5) is 17.3. The lowest BCUT2D eigenvalue weighted by atomic mass is 9.92. The Morgan fingerprint density at radius 3 is 2.56 bits per heavy atom. The number of pyridine rings is 1. The summed E-state index contributed by atoms with van der Waals surface area (Å²) >= 11 is 0. The van der Waals surface area contributed by atoms with E-state index in [1.165, 1.54) is 0 Å². The minimum atomic E-state index is -0.287. The molecule has 0 atom stereocenters. The van der Waals surface area contributed by atoms with Crippen molar-refractivity contribution in [1.82, 2.24) is 4.98 Å². The number of cyclic esters (lactones) is 1. The van der Waals surface area contributed by atoms with E-state index in [4.69, 9.17) is 4.74 Å². The number of carbonyl (C=O) groups is 1. The van der Waals surface area contributed by atoms with Crippen molar-refractivity contribution in [2.24, 2.45) is 0 Å². The van der Waals surface area contributed by atoms with Gasteiger partial charge in [0.1, 0.15) is 6.61 Å². The first-order valence-electron chi connectivity index (χ1n) is 5.39. The van der Waals surface area contributed by atoms with Crippen LogP contribution >= 0.6 is 0 Å². The molecule has 1 fully saturated rings. The number of carbonyl (C=O) groups excluding carboxylic acids is 1. The van der Waals surface area contributed by atoms with E-state index >= 15 is 0 Å². The highest BCUT2D eigenvalue weighted by molar-refractivity contribution is 5.89. The van der Waals surface area contributed by atoms with Crippen LogP contribution in [0.3, 0.4) is 0 Å². The minimum absolute atomic E-state index is 0.0318. The third-order valence-corrected chi connectivity index (χ3v) is 2.59. The lowest BCUT2D eigenvalue weighted by Gasteiger charge is -2.19. The van der Waals surface area contributed by atoms with Crippen LogP contribution in [0.15, 0.2) is 18.3 Å². The quantitative estimate of drug-likeness (QED) is 0.729. The van der Waals surface area contributed by atoms with Crippen LogP contribution in [-0.2, 0) is 10.2 Å². The highest BCUT2D eigenvalue weighted by Crippen LogP contribution is 2.23. The Morgan fingerprint density at radius 2 is 2.12 bits per heavy atom. The van der Waals surface area contributed by atoms with Gasteiger partial charge in [-0.3, -0.25) is 9.88 Å². The van der Waals surface area contributed by atoms with E-state index in [2.05, 4.69) is 25.8 Å². The average molecular weight is 220 g/mol. The molecule has 1 aromatic heterocycles. The van der Waals surface area contributed by atoms with E-state index in [9.17, 15) is 4.79 Å². The van der Waals surface area contributed by atoms with Crippen molar-refractivity contribution in [2.75, 3.05) is 18.1 Å². The number of anilines is 1. The van der Waals surface area contributed by atoms with Crippen LogP contribution in [-0.4, -0.2) is 24.2 Å². The molecule has 1 aromatic rings. The molecule has 2 heterocycles. The minimum Gasteiger partial charge on any atom is -0.447 e. The Hall–Kier alpha value is -1.58. The maximum atomic E-state index is 11.3. The van der Waals surface area contributed by atoms with E-state index in [1.54, 1.807) is 11.1 Å². The number of nitrogens with zero attached hydrogens (tertiary/aromatic N) is 2. The largest absolute Gasteiger partial charge is 0.447 e. The fourth-order valence-electron chi connectivity index (χ4n) is 1.62. The van der Waals surface area contributed by atoms with Crippen molar-refractivity contribution in [3.05, 3.63) is 24.0 Å². The molecule has 0 bridgehead atoms. The molecular weight excluding hydrogens is 204 g/mol. The molecule has 0 aromatic carbocycles. The molecule has 1 amide bonds. The standard InChI is InChI=1S/C12H16N2O2/c1-12(2,3)10-5-4-9(8-13-10)14-6-7-16-11(14)15/h4-5,8H,6-7H2,1-3H3. The summed E-state index contributed by atoms with van der Waals surface area (Å²) in [6.45, 7) is 7.40. The normalized spacial score (nSPS) is 16.4. The first-order valence-corrected chi connectivity index (χ1v) is 5.39. The maximum Gasteiger partial charge on any atom is 0.414 e. The Labute approximate surface area is 95.2 Å². The summed E-state index contributed by atoms with van der Waals surface area (Å²) in [5, 5.41) is 0. The van der Waals surface area contributed by atoms with Gasteiger partial charge < -0.3 is 4.74 Å². The van der Waals surface area contributed by atoms with Crippen LogP contribution in [0.25, 0.3) is 0 Å². The highest BCUT2D eigenvalue weighted by Gasteiger charge is 2.24. The molecule has 0 radical (unpaired) electrons.